The van der Waals surface area contributed by atoms with Gasteiger partial charge in [-0.3, -0.25) is 15.1 Å². The van der Waals surface area contributed by atoms with E-state index in [4.69, 9.17) is 10.00 Å². The van der Waals surface area contributed by atoms with E-state index in [2.05, 4.69) is 20.6 Å². The lowest BCUT2D eigenvalue weighted by atomic mass is 9.98. The van der Waals surface area contributed by atoms with Crippen molar-refractivity contribution in [3.05, 3.63) is 17.7 Å². The Morgan fingerprint density at radius 3 is 2.83 bits per heavy atom. The minimum Gasteiger partial charge on any atom is -0.443 e. The van der Waals surface area contributed by atoms with Crippen molar-refractivity contribution in [1.29, 1.82) is 5.26 Å². The lowest BCUT2D eigenvalue weighted by Gasteiger charge is -2.17. The van der Waals surface area contributed by atoms with Crippen LogP contribution in [-0.4, -0.2) is 34.4 Å². The molecule has 1 rings (SSSR count). The number of nitrogens with one attached hydrogen (secondary N) is 2. The number of nitriles is 1. The van der Waals surface area contributed by atoms with Crippen molar-refractivity contribution in [2.24, 2.45) is 10.4 Å². The van der Waals surface area contributed by atoms with Crippen molar-refractivity contribution in [3.63, 3.8) is 0 Å². The van der Waals surface area contributed by atoms with Crippen molar-refractivity contribution in [2.75, 3.05) is 12.9 Å². The molecule has 0 saturated heterocycles. The summed E-state index contributed by atoms with van der Waals surface area (Å²) in [6.45, 7) is 7.56. The summed E-state index contributed by atoms with van der Waals surface area (Å²) in [7, 11) is 1.60. The van der Waals surface area contributed by atoms with Gasteiger partial charge >= 0.3 is 5.97 Å². The number of esters is 1. The zero-order valence-corrected chi connectivity index (χ0v) is 15.5. The van der Waals surface area contributed by atoms with Crippen LogP contribution in [0, 0.1) is 23.8 Å². The normalized spacial score (nSPS) is 11.8. The average Bonchev–Trinajstić information content (AvgIpc) is 2.87. The highest BCUT2D eigenvalue weighted by molar-refractivity contribution is 7.98. The van der Waals surface area contributed by atoms with Crippen molar-refractivity contribution < 1.29 is 9.53 Å². The van der Waals surface area contributed by atoms with E-state index in [0.29, 0.717) is 17.6 Å². The lowest BCUT2D eigenvalue weighted by Crippen LogP contribution is -2.33. The molecule has 0 bridgehead atoms. The number of imidazole rings is 1. The average molecular weight is 352 g/mol. The third kappa shape index (κ3) is 6.12. The first-order chi connectivity index (χ1) is 11.3. The monoisotopic (exact) mass is 352 g/mol. The first-order valence-electron chi connectivity index (χ1n) is 7.41. The molecule has 1 heterocycles. The summed E-state index contributed by atoms with van der Waals surface area (Å²) in [4.78, 5) is 20.1. The Labute approximate surface area is 146 Å². The van der Waals surface area contributed by atoms with E-state index < -0.39 is 5.41 Å². The minimum absolute atomic E-state index is 0.163. The number of guanidine groups is 1. The second-order valence-electron chi connectivity index (χ2n) is 6.04. The lowest BCUT2D eigenvalue weighted by molar-refractivity contribution is -0.157. The zero-order valence-electron chi connectivity index (χ0n) is 14.7. The van der Waals surface area contributed by atoms with Crippen LogP contribution in [0.5, 0.6) is 0 Å². The minimum atomic E-state index is -0.519. The van der Waals surface area contributed by atoms with Gasteiger partial charge in [0.2, 0.25) is 5.96 Å². The second kappa shape index (κ2) is 9.17. The Balaban J connectivity index is 2.45. The van der Waals surface area contributed by atoms with Crippen molar-refractivity contribution in [3.8, 4) is 6.19 Å². The van der Waals surface area contributed by atoms with E-state index in [9.17, 15) is 4.79 Å². The molecular formula is C15H24N6O2S. The Morgan fingerprint density at radius 1 is 1.54 bits per heavy atom. The van der Waals surface area contributed by atoms with Crippen LogP contribution in [0.2, 0.25) is 0 Å². The number of ether oxygens (including phenoxy) is 1. The van der Waals surface area contributed by atoms with Crippen molar-refractivity contribution >= 4 is 23.7 Å². The summed E-state index contributed by atoms with van der Waals surface area (Å²) in [6.07, 6.45) is 3.49. The van der Waals surface area contributed by atoms with Crippen LogP contribution in [0.15, 0.2) is 11.3 Å². The first-order valence-corrected chi connectivity index (χ1v) is 8.56. The van der Waals surface area contributed by atoms with Gasteiger partial charge in [-0.2, -0.15) is 5.26 Å². The van der Waals surface area contributed by atoms with Crippen LogP contribution in [0.4, 0.5) is 0 Å². The van der Waals surface area contributed by atoms with Crippen LogP contribution in [-0.2, 0) is 22.0 Å². The fraction of sp³-hybridized carbons (Fsp3) is 0.600. The van der Waals surface area contributed by atoms with E-state index in [-0.39, 0.29) is 12.7 Å². The predicted octanol–water partition coefficient (Wildman–Crippen LogP) is 1.58. The van der Waals surface area contributed by atoms with E-state index in [0.717, 1.165) is 11.4 Å². The number of aliphatic imine (C=N–C) groups is 1. The standard InChI is InChI=1S/C15H24N6O2S/c1-11-12(6-24-9-20-14(17-5)18-7-16)19-8-21(11)10-23-13(22)15(2,3)4/h8H,6,9-10H2,1-5H3,(H2,17,18,20). The number of carbonyl (C=O) groups is 1. The Hall–Kier alpha value is -2.21. The molecule has 1 aromatic heterocycles. The van der Waals surface area contributed by atoms with Crippen LogP contribution in [0.25, 0.3) is 0 Å². The third-order valence-electron chi connectivity index (χ3n) is 3.13. The zero-order chi connectivity index (χ0) is 18.2. The molecule has 0 atom stereocenters. The summed E-state index contributed by atoms with van der Waals surface area (Å²) in [5.41, 5.74) is 1.37. The van der Waals surface area contributed by atoms with E-state index in [1.54, 1.807) is 25.1 Å². The maximum Gasteiger partial charge on any atom is 0.312 e. The van der Waals surface area contributed by atoms with Crippen LogP contribution < -0.4 is 10.6 Å². The highest BCUT2D eigenvalue weighted by Crippen LogP contribution is 2.17. The molecule has 0 spiro atoms. The summed E-state index contributed by atoms with van der Waals surface area (Å²) in [5, 5.41) is 14.0. The molecule has 0 saturated carbocycles. The molecule has 0 aromatic carbocycles. The maximum absolute atomic E-state index is 11.8. The number of hydrogen-bond acceptors (Lipinski definition) is 6. The van der Waals surface area contributed by atoms with Gasteiger partial charge in [-0.05, 0) is 27.7 Å². The fourth-order valence-electron chi connectivity index (χ4n) is 1.60. The van der Waals surface area contributed by atoms with Crippen LogP contribution in [0.1, 0.15) is 32.2 Å². The number of aromatic nitrogens is 2. The van der Waals surface area contributed by atoms with Gasteiger partial charge < -0.3 is 14.6 Å². The highest BCUT2D eigenvalue weighted by Gasteiger charge is 2.23. The molecule has 0 aliphatic rings. The predicted molar refractivity (Wildman–Crippen MR) is 93.9 cm³/mol. The van der Waals surface area contributed by atoms with Crippen LogP contribution >= 0.6 is 11.8 Å². The van der Waals surface area contributed by atoms with E-state index in [1.165, 1.54) is 0 Å². The van der Waals surface area contributed by atoms with Gasteiger partial charge in [0.25, 0.3) is 0 Å². The number of nitrogens with zero attached hydrogens (tertiary/aromatic N) is 4. The molecule has 0 unspecified atom stereocenters. The smallest absolute Gasteiger partial charge is 0.312 e. The van der Waals surface area contributed by atoms with Gasteiger partial charge in [-0.15, -0.1) is 11.8 Å². The van der Waals surface area contributed by atoms with Crippen molar-refractivity contribution in [2.45, 2.75) is 40.2 Å². The number of thioether (sulfide) groups is 1. The molecule has 0 amide bonds. The van der Waals surface area contributed by atoms with Crippen LogP contribution in [0.3, 0.4) is 0 Å². The number of carbonyl (C=O) groups excluding carboxylic acids is 1. The van der Waals surface area contributed by atoms with Gasteiger partial charge in [-0.1, -0.05) is 0 Å². The first kappa shape index (κ1) is 19.8. The second-order valence-corrected chi connectivity index (χ2v) is 7.02. The molecule has 0 radical (unpaired) electrons. The van der Waals surface area contributed by atoms with Gasteiger partial charge in [0, 0.05) is 18.5 Å². The van der Waals surface area contributed by atoms with Crippen molar-refractivity contribution in [1.82, 2.24) is 20.2 Å². The Morgan fingerprint density at radius 2 is 2.25 bits per heavy atom. The van der Waals surface area contributed by atoms with E-state index in [1.807, 2.05) is 38.5 Å². The molecule has 8 nitrogen and oxygen atoms in total. The third-order valence-corrected chi connectivity index (χ3v) is 3.95. The molecule has 0 fully saturated rings. The van der Waals surface area contributed by atoms with Gasteiger partial charge in [0.1, 0.15) is 0 Å². The maximum atomic E-state index is 11.8. The molecule has 9 heteroatoms. The largest absolute Gasteiger partial charge is 0.443 e. The summed E-state index contributed by atoms with van der Waals surface area (Å²) >= 11 is 1.61. The molecule has 2 N–H and O–H groups in total. The number of rotatable bonds is 6. The number of hydrogen-bond donors (Lipinski definition) is 2. The molecular weight excluding hydrogens is 328 g/mol. The Bertz CT molecular complexity index is 627. The molecule has 1 aromatic rings. The Kier molecular flexibility index (Phi) is 7.58. The summed E-state index contributed by atoms with van der Waals surface area (Å²) in [6, 6.07) is 0. The fourth-order valence-corrected chi connectivity index (χ4v) is 2.42. The van der Waals surface area contributed by atoms with Gasteiger partial charge in [0.05, 0.1) is 23.3 Å². The van der Waals surface area contributed by atoms with Gasteiger partial charge in [0.15, 0.2) is 12.9 Å². The molecule has 0 aliphatic heterocycles. The summed E-state index contributed by atoms with van der Waals surface area (Å²) < 4.78 is 7.10. The topological polar surface area (TPSA) is 104 Å². The van der Waals surface area contributed by atoms with Gasteiger partial charge in [-0.25, -0.2) is 4.98 Å². The molecule has 24 heavy (non-hydrogen) atoms. The highest BCUT2D eigenvalue weighted by atomic mass is 32.2. The quantitative estimate of drug-likeness (QED) is 0.152. The molecule has 0 aliphatic carbocycles. The summed E-state index contributed by atoms with van der Waals surface area (Å²) in [5.74, 6) is 1.48. The van der Waals surface area contributed by atoms with E-state index >= 15 is 0 Å². The molecule has 132 valence electrons. The SMILES string of the molecule is CN=C(NC#N)NCSCc1ncn(COC(=O)C(C)(C)C)c1C.